The Bertz CT molecular complexity index is 184. The van der Waals surface area contributed by atoms with Gasteiger partial charge in [0.1, 0.15) is 5.76 Å². The molecular formula is C8H14O4S2. The van der Waals surface area contributed by atoms with Gasteiger partial charge in [-0.15, -0.1) is 0 Å². The summed E-state index contributed by atoms with van der Waals surface area (Å²) in [7, 11) is 3.24. The molecule has 0 rings (SSSR count). The Hall–Kier alpha value is -0.330. The Labute approximate surface area is 91.0 Å². The van der Waals surface area contributed by atoms with Crippen molar-refractivity contribution in [2.75, 3.05) is 11.5 Å². The second-order valence-electron chi connectivity index (χ2n) is 2.52. The molecule has 0 aromatic rings. The minimum atomic E-state index is -0.752. The number of carboxylic acids is 1. The van der Waals surface area contributed by atoms with Crippen LogP contribution in [0.2, 0.25) is 0 Å². The lowest BCUT2D eigenvalue weighted by Gasteiger charge is -2.01. The standard InChI is InChI=1S/C8H14O4S2/c1-7(12-11)4-6-14-13-5-2-3-8(9)10/h11H,1-6H2,(H,9,10). The second kappa shape index (κ2) is 9.23. The lowest BCUT2D eigenvalue weighted by molar-refractivity contribution is -0.204. The third kappa shape index (κ3) is 9.76. The molecule has 0 heterocycles. The highest BCUT2D eigenvalue weighted by Gasteiger charge is 1.98. The third-order valence-electron chi connectivity index (χ3n) is 1.29. The third-order valence-corrected chi connectivity index (χ3v) is 3.79. The summed E-state index contributed by atoms with van der Waals surface area (Å²) >= 11 is 0. The first-order valence-electron chi connectivity index (χ1n) is 4.12. The predicted octanol–water partition coefficient (Wildman–Crippen LogP) is 2.63. The van der Waals surface area contributed by atoms with Gasteiger partial charge in [0.15, 0.2) is 0 Å². The maximum absolute atomic E-state index is 10.1. The van der Waals surface area contributed by atoms with Crippen LogP contribution >= 0.6 is 21.6 Å². The van der Waals surface area contributed by atoms with E-state index in [1.165, 1.54) is 0 Å². The largest absolute Gasteiger partial charge is 0.481 e. The van der Waals surface area contributed by atoms with Crippen LogP contribution < -0.4 is 0 Å². The quantitative estimate of drug-likeness (QED) is 0.212. The molecule has 0 spiro atoms. The van der Waals surface area contributed by atoms with E-state index in [9.17, 15) is 4.79 Å². The van der Waals surface area contributed by atoms with E-state index in [1.807, 2.05) is 0 Å². The number of allylic oxidation sites excluding steroid dienone is 1. The molecule has 6 heteroatoms. The van der Waals surface area contributed by atoms with Crippen molar-refractivity contribution in [1.82, 2.24) is 0 Å². The topological polar surface area (TPSA) is 66.8 Å². The van der Waals surface area contributed by atoms with Gasteiger partial charge in [0, 0.05) is 24.3 Å². The number of hydrogen-bond donors (Lipinski definition) is 2. The molecule has 4 nitrogen and oxygen atoms in total. The van der Waals surface area contributed by atoms with Gasteiger partial charge in [0.25, 0.3) is 0 Å². The number of carbonyl (C=O) groups is 1. The molecule has 0 saturated carbocycles. The average molecular weight is 238 g/mol. The SMILES string of the molecule is C=C(CCSSCCCC(=O)O)OO. The van der Waals surface area contributed by atoms with E-state index in [0.717, 1.165) is 11.5 Å². The van der Waals surface area contributed by atoms with Crippen molar-refractivity contribution in [3.63, 3.8) is 0 Å². The van der Waals surface area contributed by atoms with Gasteiger partial charge >= 0.3 is 5.97 Å². The first-order chi connectivity index (χ1) is 6.66. The van der Waals surface area contributed by atoms with Gasteiger partial charge in [-0.05, 0) is 6.42 Å². The Balaban J connectivity index is 3.06. The fraction of sp³-hybridized carbons (Fsp3) is 0.625. The van der Waals surface area contributed by atoms with Crippen LogP contribution in [-0.4, -0.2) is 27.8 Å². The average Bonchev–Trinajstić information content (AvgIpc) is 2.15. The van der Waals surface area contributed by atoms with Gasteiger partial charge in [-0.3, -0.25) is 4.79 Å². The molecule has 0 radical (unpaired) electrons. The maximum Gasteiger partial charge on any atom is 0.303 e. The Morgan fingerprint density at radius 2 is 1.93 bits per heavy atom. The molecule has 0 amide bonds. The highest BCUT2D eigenvalue weighted by Crippen LogP contribution is 2.24. The van der Waals surface area contributed by atoms with Crippen LogP contribution in [0.4, 0.5) is 0 Å². The summed E-state index contributed by atoms with van der Waals surface area (Å²) in [6.45, 7) is 3.46. The normalized spacial score (nSPS) is 9.79. The van der Waals surface area contributed by atoms with E-state index >= 15 is 0 Å². The molecule has 0 aliphatic heterocycles. The van der Waals surface area contributed by atoms with E-state index in [2.05, 4.69) is 11.5 Å². The van der Waals surface area contributed by atoms with Crippen molar-refractivity contribution < 1.29 is 20.0 Å². The zero-order valence-corrected chi connectivity index (χ0v) is 9.40. The highest BCUT2D eigenvalue weighted by atomic mass is 33.1. The molecule has 0 fully saturated rings. The second-order valence-corrected chi connectivity index (χ2v) is 5.22. The van der Waals surface area contributed by atoms with Crippen LogP contribution in [0, 0.1) is 0 Å². The van der Waals surface area contributed by atoms with Crippen LogP contribution in [0.5, 0.6) is 0 Å². The summed E-state index contributed by atoms with van der Waals surface area (Å²) in [6.07, 6.45) is 1.51. The van der Waals surface area contributed by atoms with E-state index in [0.29, 0.717) is 18.6 Å². The molecule has 0 aromatic heterocycles. The van der Waals surface area contributed by atoms with Gasteiger partial charge in [0.05, 0.1) is 0 Å². The summed E-state index contributed by atoms with van der Waals surface area (Å²) in [5, 5.41) is 16.5. The van der Waals surface area contributed by atoms with E-state index in [1.54, 1.807) is 21.6 Å². The Morgan fingerprint density at radius 1 is 1.29 bits per heavy atom. The summed E-state index contributed by atoms with van der Waals surface area (Å²) in [6, 6.07) is 0. The van der Waals surface area contributed by atoms with Crippen molar-refractivity contribution in [3.8, 4) is 0 Å². The van der Waals surface area contributed by atoms with Gasteiger partial charge < -0.3 is 9.99 Å². The van der Waals surface area contributed by atoms with Crippen molar-refractivity contribution in [2.45, 2.75) is 19.3 Å². The van der Waals surface area contributed by atoms with Gasteiger partial charge in [-0.1, -0.05) is 28.2 Å². The fourth-order valence-electron chi connectivity index (χ4n) is 0.601. The van der Waals surface area contributed by atoms with Crippen molar-refractivity contribution in [3.05, 3.63) is 12.3 Å². The molecule has 0 atom stereocenters. The molecular weight excluding hydrogens is 224 g/mol. The zero-order valence-electron chi connectivity index (χ0n) is 7.77. The molecule has 0 aliphatic rings. The lowest BCUT2D eigenvalue weighted by Crippen LogP contribution is -1.94. The predicted molar refractivity (Wildman–Crippen MR) is 59.3 cm³/mol. The first kappa shape index (κ1) is 13.7. The molecule has 0 aromatic carbocycles. The smallest absolute Gasteiger partial charge is 0.303 e. The van der Waals surface area contributed by atoms with E-state index in [4.69, 9.17) is 10.4 Å². The summed E-state index contributed by atoms with van der Waals surface area (Å²) in [5.41, 5.74) is 0. The monoisotopic (exact) mass is 238 g/mol. The molecule has 0 saturated heterocycles. The summed E-state index contributed by atoms with van der Waals surface area (Å²) in [4.78, 5) is 14.1. The van der Waals surface area contributed by atoms with Crippen LogP contribution in [0.3, 0.4) is 0 Å². The van der Waals surface area contributed by atoms with Gasteiger partial charge in [0.2, 0.25) is 0 Å². The van der Waals surface area contributed by atoms with Crippen molar-refractivity contribution in [1.29, 1.82) is 0 Å². The minimum absolute atomic E-state index is 0.222. The maximum atomic E-state index is 10.1. The fourth-order valence-corrected chi connectivity index (χ4v) is 2.72. The number of rotatable bonds is 9. The van der Waals surface area contributed by atoms with Gasteiger partial charge in [-0.2, -0.15) is 0 Å². The first-order valence-corrected chi connectivity index (χ1v) is 6.61. The Kier molecular flexibility index (Phi) is 9.02. The molecule has 14 heavy (non-hydrogen) atoms. The summed E-state index contributed by atoms with van der Waals surface area (Å²) in [5.74, 6) is 1.22. The van der Waals surface area contributed by atoms with Crippen LogP contribution in [0.25, 0.3) is 0 Å². The highest BCUT2D eigenvalue weighted by molar-refractivity contribution is 8.76. The van der Waals surface area contributed by atoms with E-state index in [-0.39, 0.29) is 6.42 Å². The Morgan fingerprint density at radius 3 is 2.50 bits per heavy atom. The zero-order chi connectivity index (χ0) is 10.8. The molecule has 0 unspecified atom stereocenters. The van der Waals surface area contributed by atoms with Crippen LogP contribution in [0.1, 0.15) is 19.3 Å². The van der Waals surface area contributed by atoms with E-state index < -0.39 is 5.97 Å². The van der Waals surface area contributed by atoms with Gasteiger partial charge in [-0.25, -0.2) is 5.26 Å². The van der Waals surface area contributed by atoms with Crippen LogP contribution in [-0.2, 0) is 9.68 Å². The van der Waals surface area contributed by atoms with Crippen LogP contribution in [0.15, 0.2) is 12.3 Å². The summed E-state index contributed by atoms with van der Waals surface area (Å²) < 4.78 is 0. The lowest BCUT2D eigenvalue weighted by atomic mass is 10.3. The number of carboxylic acid groups (broad SMARTS) is 1. The van der Waals surface area contributed by atoms with Crippen molar-refractivity contribution >= 4 is 27.6 Å². The molecule has 0 aliphatic carbocycles. The molecule has 82 valence electrons. The molecule has 2 N–H and O–H groups in total. The molecule has 0 bridgehead atoms. The minimum Gasteiger partial charge on any atom is -0.481 e. The number of hydrogen-bond acceptors (Lipinski definition) is 5. The number of aliphatic carboxylic acids is 1. The van der Waals surface area contributed by atoms with Crippen molar-refractivity contribution in [2.24, 2.45) is 0 Å².